The summed E-state index contributed by atoms with van der Waals surface area (Å²) in [5.41, 5.74) is 4.53. The molecule has 1 aromatic heterocycles. The van der Waals surface area contributed by atoms with Crippen LogP contribution in [0.4, 0.5) is 0 Å². The molecule has 1 heterocycles. The monoisotopic (exact) mass is 443 g/mol. The van der Waals surface area contributed by atoms with Gasteiger partial charge in [0.2, 0.25) is 0 Å². The molecule has 0 unspecified atom stereocenters. The van der Waals surface area contributed by atoms with Crippen molar-refractivity contribution in [2.75, 3.05) is 14.2 Å². The van der Waals surface area contributed by atoms with Gasteiger partial charge in [0.25, 0.3) is 0 Å². The first-order valence-electron chi connectivity index (χ1n) is 10.6. The van der Waals surface area contributed by atoms with E-state index in [0.717, 1.165) is 33.5 Å². The van der Waals surface area contributed by atoms with Gasteiger partial charge < -0.3 is 19.2 Å². The summed E-state index contributed by atoms with van der Waals surface area (Å²) in [6, 6.07) is 20.6. The number of rotatable bonds is 8. The number of hydrogen-bond acceptors (Lipinski definition) is 5. The number of benzene rings is 3. The number of H-pyrrole nitrogens is 1. The number of para-hydroxylation sites is 1. The number of fused-ring (bicyclic) bond motifs is 1. The first-order valence-corrected chi connectivity index (χ1v) is 10.6. The van der Waals surface area contributed by atoms with Crippen LogP contribution in [0.5, 0.6) is 17.2 Å². The van der Waals surface area contributed by atoms with Crippen LogP contribution in [0.25, 0.3) is 22.2 Å². The molecule has 6 nitrogen and oxygen atoms in total. The van der Waals surface area contributed by atoms with Crippen LogP contribution >= 0.6 is 0 Å². The van der Waals surface area contributed by atoms with E-state index in [1.54, 1.807) is 25.3 Å². The summed E-state index contributed by atoms with van der Waals surface area (Å²) in [5, 5.41) is 1.07. The van der Waals surface area contributed by atoms with Gasteiger partial charge in [0.15, 0.2) is 17.3 Å². The third kappa shape index (κ3) is 4.75. The first-order chi connectivity index (χ1) is 16.0. The van der Waals surface area contributed by atoms with Gasteiger partial charge in [0.1, 0.15) is 5.75 Å². The molecule has 0 amide bonds. The third-order valence-corrected chi connectivity index (χ3v) is 5.57. The molecular formula is C27H25NO5. The first kappa shape index (κ1) is 22.1. The number of aromatic amines is 1. The highest BCUT2D eigenvalue weighted by atomic mass is 16.6. The minimum Gasteiger partial charge on any atom is -0.497 e. The smallest absolute Gasteiger partial charge is 0.311 e. The summed E-state index contributed by atoms with van der Waals surface area (Å²) in [4.78, 5) is 27.8. The van der Waals surface area contributed by atoms with Crippen molar-refractivity contribution in [2.24, 2.45) is 0 Å². The van der Waals surface area contributed by atoms with Crippen LogP contribution in [0.3, 0.4) is 0 Å². The number of esters is 1. The Morgan fingerprint density at radius 1 is 0.879 bits per heavy atom. The van der Waals surface area contributed by atoms with Crippen LogP contribution in [-0.2, 0) is 11.2 Å². The van der Waals surface area contributed by atoms with Crippen molar-refractivity contribution < 1.29 is 23.8 Å². The number of aromatic nitrogens is 1. The second-order valence-electron chi connectivity index (χ2n) is 7.65. The summed E-state index contributed by atoms with van der Waals surface area (Å²) in [6.45, 7) is 1.47. The molecule has 0 saturated heterocycles. The lowest BCUT2D eigenvalue weighted by Crippen LogP contribution is -2.10. The van der Waals surface area contributed by atoms with Crippen molar-refractivity contribution in [1.82, 2.24) is 4.98 Å². The van der Waals surface area contributed by atoms with E-state index in [1.165, 1.54) is 14.0 Å². The maximum absolute atomic E-state index is 12.7. The van der Waals surface area contributed by atoms with Gasteiger partial charge in [-0.1, -0.05) is 18.2 Å². The third-order valence-electron chi connectivity index (χ3n) is 5.57. The maximum Gasteiger partial charge on any atom is 0.311 e. The van der Waals surface area contributed by atoms with Crippen LogP contribution in [0, 0.1) is 0 Å². The van der Waals surface area contributed by atoms with Gasteiger partial charge in [0, 0.05) is 22.2 Å². The Balaban J connectivity index is 1.57. The molecule has 0 saturated carbocycles. The Morgan fingerprint density at radius 2 is 1.64 bits per heavy atom. The predicted molar refractivity (Wildman–Crippen MR) is 127 cm³/mol. The van der Waals surface area contributed by atoms with E-state index in [0.29, 0.717) is 23.5 Å². The molecule has 0 radical (unpaired) electrons. The summed E-state index contributed by atoms with van der Waals surface area (Å²) < 4.78 is 16.1. The Bertz CT molecular complexity index is 1300. The SMILES string of the molecule is COc1ccc(-c2[nH]c3ccccc3c2CCC(=O)Oc2ccc(C(C)=O)cc2OC)cc1. The van der Waals surface area contributed by atoms with E-state index in [9.17, 15) is 9.59 Å². The summed E-state index contributed by atoms with van der Waals surface area (Å²) in [6.07, 6.45) is 0.681. The molecule has 6 heteroatoms. The molecule has 0 bridgehead atoms. The van der Waals surface area contributed by atoms with Crippen LogP contribution in [0.2, 0.25) is 0 Å². The standard InChI is InChI=1S/C27H25NO5/c1-17(29)19-10-14-24(25(16-19)32-3)33-26(30)15-13-22-21-6-4-5-7-23(21)28-27(22)18-8-11-20(31-2)12-9-18/h4-12,14,16,28H,13,15H2,1-3H3. The van der Waals surface area contributed by atoms with Crippen molar-refractivity contribution in [3.05, 3.63) is 77.9 Å². The van der Waals surface area contributed by atoms with Crippen LogP contribution in [0.1, 0.15) is 29.3 Å². The van der Waals surface area contributed by atoms with E-state index in [1.807, 2.05) is 48.5 Å². The highest BCUT2D eigenvalue weighted by Gasteiger charge is 2.17. The van der Waals surface area contributed by atoms with Crippen LogP contribution < -0.4 is 14.2 Å². The topological polar surface area (TPSA) is 77.6 Å². The predicted octanol–water partition coefficient (Wildman–Crippen LogP) is 5.59. The second-order valence-corrected chi connectivity index (χ2v) is 7.65. The van der Waals surface area contributed by atoms with Crippen LogP contribution in [0.15, 0.2) is 66.7 Å². The van der Waals surface area contributed by atoms with E-state index in [4.69, 9.17) is 14.2 Å². The van der Waals surface area contributed by atoms with Gasteiger partial charge in [-0.3, -0.25) is 9.59 Å². The summed E-state index contributed by atoms with van der Waals surface area (Å²) in [7, 11) is 3.11. The zero-order chi connectivity index (χ0) is 23.4. The Labute approximate surface area is 192 Å². The molecule has 0 atom stereocenters. The molecule has 1 N–H and O–H groups in total. The van der Waals surface area contributed by atoms with Crippen molar-refractivity contribution in [3.8, 4) is 28.5 Å². The normalized spacial score (nSPS) is 10.8. The maximum atomic E-state index is 12.7. The number of carbonyl (C=O) groups excluding carboxylic acids is 2. The number of Topliss-reactive ketones (excluding diaryl/α,β-unsaturated/α-hetero) is 1. The van der Waals surface area contributed by atoms with Crippen molar-refractivity contribution in [2.45, 2.75) is 19.8 Å². The van der Waals surface area contributed by atoms with E-state index in [-0.39, 0.29) is 18.2 Å². The molecule has 0 aliphatic carbocycles. The van der Waals surface area contributed by atoms with E-state index in [2.05, 4.69) is 4.98 Å². The minimum absolute atomic E-state index is 0.0865. The minimum atomic E-state index is -0.380. The Hall–Kier alpha value is -4.06. The van der Waals surface area contributed by atoms with Gasteiger partial charge in [-0.05, 0) is 73.0 Å². The van der Waals surface area contributed by atoms with Crippen molar-refractivity contribution in [3.63, 3.8) is 0 Å². The van der Waals surface area contributed by atoms with Gasteiger partial charge >= 0.3 is 5.97 Å². The number of nitrogens with one attached hydrogen (secondary N) is 1. The number of ketones is 1. The largest absolute Gasteiger partial charge is 0.497 e. The lowest BCUT2D eigenvalue weighted by Gasteiger charge is -2.11. The molecule has 168 valence electrons. The van der Waals surface area contributed by atoms with Crippen LogP contribution in [-0.4, -0.2) is 31.0 Å². The average Bonchev–Trinajstić information content (AvgIpc) is 3.21. The van der Waals surface area contributed by atoms with E-state index < -0.39 is 0 Å². The number of hydrogen-bond donors (Lipinski definition) is 1. The van der Waals surface area contributed by atoms with Gasteiger partial charge in [0.05, 0.1) is 20.6 Å². The number of aryl methyl sites for hydroxylation is 1. The zero-order valence-electron chi connectivity index (χ0n) is 18.8. The van der Waals surface area contributed by atoms with Crippen molar-refractivity contribution in [1.29, 1.82) is 0 Å². The highest BCUT2D eigenvalue weighted by molar-refractivity contribution is 5.95. The lowest BCUT2D eigenvalue weighted by molar-refractivity contribution is -0.134. The molecule has 4 aromatic rings. The fourth-order valence-corrected chi connectivity index (χ4v) is 3.84. The molecular weight excluding hydrogens is 418 g/mol. The average molecular weight is 443 g/mol. The number of carbonyl (C=O) groups is 2. The van der Waals surface area contributed by atoms with Gasteiger partial charge in [-0.25, -0.2) is 0 Å². The molecule has 4 rings (SSSR count). The van der Waals surface area contributed by atoms with Gasteiger partial charge in [-0.15, -0.1) is 0 Å². The molecule has 0 aliphatic heterocycles. The molecule has 0 fully saturated rings. The Morgan fingerprint density at radius 3 is 2.33 bits per heavy atom. The summed E-state index contributed by atoms with van der Waals surface area (Å²) in [5.74, 6) is 0.958. The summed E-state index contributed by atoms with van der Waals surface area (Å²) >= 11 is 0. The number of methoxy groups -OCH3 is 2. The number of ether oxygens (including phenoxy) is 3. The molecule has 3 aromatic carbocycles. The van der Waals surface area contributed by atoms with Crippen molar-refractivity contribution >= 4 is 22.7 Å². The second kappa shape index (κ2) is 9.61. The quantitative estimate of drug-likeness (QED) is 0.218. The fourth-order valence-electron chi connectivity index (χ4n) is 3.84. The molecule has 0 spiro atoms. The van der Waals surface area contributed by atoms with E-state index >= 15 is 0 Å². The fraction of sp³-hybridized carbons (Fsp3) is 0.185. The zero-order valence-corrected chi connectivity index (χ0v) is 18.8. The molecule has 0 aliphatic rings. The Kier molecular flexibility index (Phi) is 6.45. The molecule has 33 heavy (non-hydrogen) atoms. The lowest BCUT2D eigenvalue weighted by atomic mass is 10.0. The van der Waals surface area contributed by atoms with Gasteiger partial charge in [-0.2, -0.15) is 0 Å². The highest BCUT2D eigenvalue weighted by Crippen LogP contribution is 2.33.